The second-order valence-electron chi connectivity index (χ2n) is 6.97. The first-order valence-electron chi connectivity index (χ1n) is 8.88. The summed E-state index contributed by atoms with van der Waals surface area (Å²) in [5, 5.41) is 7.62. The van der Waals surface area contributed by atoms with Crippen molar-refractivity contribution in [3.05, 3.63) is 16.1 Å². The van der Waals surface area contributed by atoms with E-state index in [4.69, 9.17) is 4.74 Å². The Morgan fingerprint density at radius 1 is 1.24 bits per heavy atom. The molecule has 0 saturated heterocycles. The highest BCUT2D eigenvalue weighted by atomic mass is 32.1. The summed E-state index contributed by atoms with van der Waals surface area (Å²) in [5.74, 6) is 0.689. The summed E-state index contributed by atoms with van der Waals surface area (Å²) in [6, 6.07) is 0. The summed E-state index contributed by atoms with van der Waals surface area (Å²) in [6.07, 6.45) is 6.43. The number of nitrogens with zero attached hydrogens (tertiary/aromatic N) is 2. The highest BCUT2D eigenvalue weighted by Crippen LogP contribution is 2.11. The van der Waals surface area contributed by atoms with Gasteiger partial charge in [-0.25, -0.2) is 4.98 Å². The Kier molecular flexibility index (Phi) is 9.49. The summed E-state index contributed by atoms with van der Waals surface area (Å²) < 4.78 is 5.30. The van der Waals surface area contributed by atoms with E-state index in [0.29, 0.717) is 13.0 Å². The molecule has 6 nitrogen and oxygen atoms in total. The second kappa shape index (κ2) is 11.1. The standard InChI is InChI=1S/C18H32N4O2S/c1-14-12-21-15(25-14)13-22-17(19-5)20-11-9-7-6-8-10-16(23)24-18(2,3)4/h12H,6-11,13H2,1-5H3,(H2,19,20,22). The molecule has 0 fully saturated rings. The molecule has 0 bridgehead atoms. The van der Waals surface area contributed by atoms with Gasteiger partial charge in [0.05, 0.1) is 6.54 Å². The number of guanidine groups is 1. The van der Waals surface area contributed by atoms with Crippen molar-refractivity contribution < 1.29 is 9.53 Å². The van der Waals surface area contributed by atoms with Gasteiger partial charge in [-0.15, -0.1) is 11.3 Å². The number of rotatable bonds is 9. The quantitative estimate of drug-likeness (QED) is 0.302. The van der Waals surface area contributed by atoms with E-state index in [9.17, 15) is 4.79 Å². The maximum absolute atomic E-state index is 11.6. The molecular formula is C18H32N4O2S. The van der Waals surface area contributed by atoms with Crippen molar-refractivity contribution in [2.45, 2.75) is 71.9 Å². The summed E-state index contributed by atoms with van der Waals surface area (Å²) in [4.78, 5) is 21.4. The van der Waals surface area contributed by atoms with Crippen LogP contribution in [0.3, 0.4) is 0 Å². The minimum atomic E-state index is -0.388. The van der Waals surface area contributed by atoms with Gasteiger partial charge in [0.1, 0.15) is 10.6 Å². The van der Waals surface area contributed by atoms with Gasteiger partial charge >= 0.3 is 5.97 Å². The van der Waals surface area contributed by atoms with Crippen LogP contribution in [-0.2, 0) is 16.1 Å². The molecule has 0 atom stereocenters. The molecule has 2 N–H and O–H groups in total. The number of aliphatic imine (C=N–C) groups is 1. The van der Waals surface area contributed by atoms with Crippen LogP contribution in [0.4, 0.5) is 0 Å². The van der Waals surface area contributed by atoms with Gasteiger partial charge < -0.3 is 15.4 Å². The van der Waals surface area contributed by atoms with Crippen molar-refractivity contribution >= 4 is 23.3 Å². The van der Waals surface area contributed by atoms with Crippen LogP contribution >= 0.6 is 11.3 Å². The van der Waals surface area contributed by atoms with E-state index in [1.165, 1.54) is 4.88 Å². The van der Waals surface area contributed by atoms with Crippen LogP contribution in [-0.4, -0.2) is 36.1 Å². The van der Waals surface area contributed by atoms with E-state index in [1.807, 2.05) is 27.0 Å². The highest BCUT2D eigenvalue weighted by Gasteiger charge is 2.15. The highest BCUT2D eigenvalue weighted by molar-refractivity contribution is 7.11. The Bertz CT molecular complexity index is 550. The van der Waals surface area contributed by atoms with Crippen molar-refractivity contribution in [1.82, 2.24) is 15.6 Å². The number of aryl methyl sites for hydroxylation is 1. The molecule has 1 heterocycles. The van der Waals surface area contributed by atoms with Crippen molar-refractivity contribution in [2.75, 3.05) is 13.6 Å². The van der Waals surface area contributed by atoms with Gasteiger partial charge in [-0.3, -0.25) is 9.79 Å². The molecule has 0 aliphatic heterocycles. The van der Waals surface area contributed by atoms with E-state index in [1.54, 1.807) is 18.4 Å². The lowest BCUT2D eigenvalue weighted by molar-refractivity contribution is -0.154. The van der Waals surface area contributed by atoms with E-state index >= 15 is 0 Å². The minimum Gasteiger partial charge on any atom is -0.460 e. The molecule has 0 radical (unpaired) electrons. The number of hydrogen-bond donors (Lipinski definition) is 2. The third kappa shape index (κ3) is 10.8. The van der Waals surface area contributed by atoms with Crippen LogP contribution in [0.15, 0.2) is 11.2 Å². The third-order valence-corrected chi connectivity index (χ3v) is 4.23. The summed E-state index contributed by atoms with van der Waals surface area (Å²) in [5.41, 5.74) is -0.388. The van der Waals surface area contributed by atoms with Crippen LogP contribution < -0.4 is 10.6 Å². The van der Waals surface area contributed by atoms with Crippen molar-refractivity contribution in [1.29, 1.82) is 0 Å². The summed E-state index contributed by atoms with van der Waals surface area (Å²) in [7, 11) is 1.77. The van der Waals surface area contributed by atoms with Crippen LogP contribution in [0.1, 0.15) is 62.8 Å². The lowest BCUT2D eigenvalue weighted by atomic mass is 10.1. The molecule has 25 heavy (non-hydrogen) atoms. The van der Waals surface area contributed by atoms with Crippen LogP contribution in [0.5, 0.6) is 0 Å². The summed E-state index contributed by atoms with van der Waals surface area (Å²) in [6.45, 7) is 9.29. The van der Waals surface area contributed by atoms with Crippen molar-refractivity contribution in [3.63, 3.8) is 0 Å². The fourth-order valence-electron chi connectivity index (χ4n) is 2.21. The van der Waals surface area contributed by atoms with Gasteiger partial charge in [0.15, 0.2) is 5.96 Å². The van der Waals surface area contributed by atoms with E-state index in [-0.39, 0.29) is 11.6 Å². The Hall–Kier alpha value is -1.63. The fraction of sp³-hybridized carbons (Fsp3) is 0.722. The number of nitrogens with one attached hydrogen (secondary N) is 2. The number of hydrogen-bond acceptors (Lipinski definition) is 5. The Labute approximate surface area is 155 Å². The number of ether oxygens (including phenoxy) is 1. The molecule has 0 spiro atoms. The largest absolute Gasteiger partial charge is 0.460 e. The number of unbranched alkanes of at least 4 members (excludes halogenated alkanes) is 3. The zero-order chi connectivity index (χ0) is 18.7. The third-order valence-electron chi connectivity index (χ3n) is 3.32. The lowest BCUT2D eigenvalue weighted by Gasteiger charge is -2.19. The van der Waals surface area contributed by atoms with Crippen LogP contribution in [0.2, 0.25) is 0 Å². The van der Waals surface area contributed by atoms with Crippen LogP contribution in [0, 0.1) is 6.92 Å². The average molecular weight is 369 g/mol. The monoisotopic (exact) mass is 368 g/mol. The first-order chi connectivity index (χ1) is 11.8. The average Bonchev–Trinajstić information content (AvgIpc) is 2.93. The summed E-state index contributed by atoms with van der Waals surface area (Å²) >= 11 is 1.69. The number of carbonyl (C=O) groups is 1. The number of esters is 1. The molecule has 1 aromatic rings. The number of carbonyl (C=O) groups excluding carboxylic acids is 1. The van der Waals surface area contributed by atoms with Crippen LogP contribution in [0.25, 0.3) is 0 Å². The predicted octanol–water partition coefficient (Wildman–Crippen LogP) is 3.41. The molecule has 1 rings (SSSR count). The van der Waals surface area contributed by atoms with Gasteiger partial charge in [0.2, 0.25) is 0 Å². The van der Waals surface area contributed by atoms with E-state index in [2.05, 4.69) is 27.5 Å². The molecule has 0 aliphatic rings. The fourth-order valence-corrected chi connectivity index (χ4v) is 2.94. The molecule has 0 aliphatic carbocycles. The molecule has 0 saturated carbocycles. The zero-order valence-corrected chi connectivity index (χ0v) is 17.0. The smallest absolute Gasteiger partial charge is 0.306 e. The Morgan fingerprint density at radius 2 is 1.96 bits per heavy atom. The minimum absolute atomic E-state index is 0.104. The Morgan fingerprint density at radius 3 is 2.56 bits per heavy atom. The zero-order valence-electron chi connectivity index (χ0n) is 16.1. The number of thiazole rings is 1. The first kappa shape index (κ1) is 21.4. The maximum Gasteiger partial charge on any atom is 0.306 e. The molecular weight excluding hydrogens is 336 g/mol. The second-order valence-corrected chi connectivity index (χ2v) is 8.29. The van der Waals surface area contributed by atoms with Gasteiger partial charge in [-0.05, 0) is 40.5 Å². The number of aromatic nitrogens is 1. The molecule has 0 unspecified atom stereocenters. The van der Waals surface area contributed by atoms with Crippen molar-refractivity contribution in [2.24, 2.45) is 4.99 Å². The topological polar surface area (TPSA) is 75.6 Å². The van der Waals surface area contributed by atoms with Gasteiger partial charge in [-0.1, -0.05) is 12.8 Å². The first-order valence-corrected chi connectivity index (χ1v) is 9.69. The Balaban J connectivity index is 2.05. The molecule has 0 aromatic carbocycles. The van der Waals surface area contributed by atoms with E-state index in [0.717, 1.165) is 43.2 Å². The predicted molar refractivity (Wildman–Crippen MR) is 104 cm³/mol. The molecule has 0 amide bonds. The normalized spacial score (nSPS) is 12.1. The lowest BCUT2D eigenvalue weighted by Crippen LogP contribution is -2.37. The van der Waals surface area contributed by atoms with Gasteiger partial charge in [0, 0.05) is 31.1 Å². The maximum atomic E-state index is 11.6. The van der Waals surface area contributed by atoms with Crippen molar-refractivity contribution in [3.8, 4) is 0 Å². The molecule has 1 aromatic heterocycles. The van der Waals surface area contributed by atoms with Gasteiger partial charge in [0.25, 0.3) is 0 Å². The van der Waals surface area contributed by atoms with Gasteiger partial charge in [-0.2, -0.15) is 0 Å². The van der Waals surface area contributed by atoms with E-state index < -0.39 is 0 Å². The molecule has 142 valence electrons. The SMILES string of the molecule is CN=C(NCCCCCCC(=O)OC(C)(C)C)NCc1ncc(C)s1. The molecule has 7 heteroatoms.